The quantitative estimate of drug-likeness (QED) is 0.343. The third-order valence-electron chi connectivity index (χ3n) is 8.95. The Morgan fingerprint density at radius 3 is 2.06 bits per heavy atom. The van der Waals surface area contributed by atoms with Crippen LogP contribution in [0.4, 0.5) is 4.39 Å². The molecule has 0 atom stereocenters. The molecule has 32 heavy (non-hydrogen) atoms. The Bertz CT molecular complexity index is 837. The molecule has 0 unspecified atom stereocenters. The Labute approximate surface area is 196 Å². The zero-order valence-electron chi connectivity index (χ0n) is 20.7. The van der Waals surface area contributed by atoms with Gasteiger partial charge in [-0.3, -0.25) is 0 Å². The molecule has 0 N–H and O–H groups in total. The molecule has 2 aliphatic carbocycles. The van der Waals surface area contributed by atoms with Gasteiger partial charge in [0.25, 0.3) is 0 Å². The highest BCUT2D eigenvalue weighted by atomic mass is 19.1. The average Bonchev–Trinajstić information content (AvgIpc) is 2.85. The number of hydrogen-bond donors (Lipinski definition) is 0. The summed E-state index contributed by atoms with van der Waals surface area (Å²) in [5.41, 5.74) is 2.33. The van der Waals surface area contributed by atoms with E-state index in [0.717, 1.165) is 46.9 Å². The Kier molecular flexibility index (Phi) is 8.67. The summed E-state index contributed by atoms with van der Waals surface area (Å²) in [6.07, 6.45) is 20.0. The molecule has 2 aromatic rings. The number of hydrogen-bond acceptors (Lipinski definition) is 0. The first kappa shape index (κ1) is 23.8. The Hall–Kier alpha value is -1.37. The zero-order chi connectivity index (χ0) is 22.3. The molecule has 0 saturated heterocycles. The van der Waals surface area contributed by atoms with Crippen LogP contribution in [0.3, 0.4) is 0 Å². The van der Waals surface area contributed by atoms with E-state index in [1.165, 1.54) is 89.0 Å². The van der Waals surface area contributed by atoms with Gasteiger partial charge in [0.1, 0.15) is 5.82 Å². The van der Waals surface area contributed by atoms with E-state index in [1.807, 2.05) is 6.07 Å². The van der Waals surface area contributed by atoms with Crippen molar-refractivity contribution in [1.82, 2.24) is 0 Å². The molecule has 0 bridgehead atoms. The van der Waals surface area contributed by atoms with Crippen molar-refractivity contribution in [1.29, 1.82) is 0 Å². The fourth-order valence-electron chi connectivity index (χ4n) is 6.55. The molecule has 1 heteroatoms. The van der Waals surface area contributed by atoms with E-state index < -0.39 is 0 Å². The lowest BCUT2D eigenvalue weighted by Crippen LogP contribution is -2.17. The second-order valence-electron chi connectivity index (χ2n) is 11.1. The van der Waals surface area contributed by atoms with Crippen LogP contribution in [0.1, 0.15) is 121 Å². The summed E-state index contributed by atoms with van der Waals surface area (Å²) in [5, 5.41) is 1.90. The van der Waals surface area contributed by atoms with Gasteiger partial charge in [-0.05, 0) is 78.7 Å². The van der Waals surface area contributed by atoms with Gasteiger partial charge >= 0.3 is 0 Å². The highest BCUT2D eigenvalue weighted by Crippen LogP contribution is 2.40. The summed E-state index contributed by atoms with van der Waals surface area (Å²) in [4.78, 5) is 0. The predicted octanol–water partition coefficient (Wildman–Crippen LogP) is 9.98. The van der Waals surface area contributed by atoms with Crippen molar-refractivity contribution >= 4 is 10.8 Å². The smallest absolute Gasteiger partial charge is 0.134 e. The van der Waals surface area contributed by atoms with Gasteiger partial charge in [-0.2, -0.15) is 0 Å². The second-order valence-corrected chi connectivity index (χ2v) is 11.1. The molecule has 0 aliphatic heterocycles. The van der Waals surface area contributed by atoms with Gasteiger partial charge in [-0.25, -0.2) is 4.39 Å². The summed E-state index contributed by atoms with van der Waals surface area (Å²) < 4.78 is 15.0. The topological polar surface area (TPSA) is 0 Å². The van der Waals surface area contributed by atoms with Crippen molar-refractivity contribution in [3.05, 3.63) is 47.3 Å². The number of unbranched alkanes of at least 4 members (excludes halogenated alkanes) is 2. The highest BCUT2D eigenvalue weighted by Gasteiger charge is 2.25. The van der Waals surface area contributed by atoms with Crippen LogP contribution in [-0.2, 0) is 6.42 Å². The second kappa shape index (κ2) is 11.7. The molecule has 2 aliphatic rings. The molecule has 0 spiro atoms. The lowest BCUT2D eigenvalue weighted by Gasteiger charge is -2.32. The van der Waals surface area contributed by atoms with Crippen molar-refractivity contribution in [3.63, 3.8) is 0 Å². The molecular weight excluding hydrogens is 391 g/mol. The standard InChI is InChI=1S/C31H45F/c1-3-5-6-7-27-18-19-29-22-28(20-21-30(29)31(27)32)26-16-14-25(15-17-26)13-12-24-10-8-23(4-2)9-11-24/h18-26H,3-17H2,1-2H3. The summed E-state index contributed by atoms with van der Waals surface area (Å²) in [7, 11) is 0. The van der Waals surface area contributed by atoms with Crippen LogP contribution >= 0.6 is 0 Å². The van der Waals surface area contributed by atoms with E-state index in [1.54, 1.807) is 0 Å². The van der Waals surface area contributed by atoms with Crippen LogP contribution in [0.2, 0.25) is 0 Å². The van der Waals surface area contributed by atoms with Crippen LogP contribution in [0.15, 0.2) is 30.3 Å². The molecule has 176 valence electrons. The molecule has 2 saturated carbocycles. The number of rotatable bonds is 9. The number of aryl methyl sites for hydroxylation is 1. The maximum atomic E-state index is 15.0. The molecule has 0 aromatic heterocycles. The van der Waals surface area contributed by atoms with E-state index >= 15 is 4.39 Å². The summed E-state index contributed by atoms with van der Waals surface area (Å²) in [5.74, 6) is 3.66. The predicted molar refractivity (Wildman–Crippen MR) is 137 cm³/mol. The van der Waals surface area contributed by atoms with Crippen LogP contribution in [0, 0.1) is 23.6 Å². The number of fused-ring (bicyclic) bond motifs is 1. The van der Waals surface area contributed by atoms with Gasteiger partial charge in [0, 0.05) is 5.39 Å². The van der Waals surface area contributed by atoms with Crippen LogP contribution in [-0.4, -0.2) is 0 Å². The van der Waals surface area contributed by atoms with Crippen molar-refractivity contribution in [2.45, 2.75) is 116 Å². The third kappa shape index (κ3) is 5.95. The van der Waals surface area contributed by atoms with Crippen LogP contribution in [0.5, 0.6) is 0 Å². The van der Waals surface area contributed by atoms with Crippen molar-refractivity contribution in [3.8, 4) is 0 Å². The van der Waals surface area contributed by atoms with Gasteiger partial charge in [0.2, 0.25) is 0 Å². The fourth-order valence-corrected chi connectivity index (χ4v) is 6.55. The van der Waals surface area contributed by atoms with E-state index in [-0.39, 0.29) is 5.82 Å². The SMILES string of the molecule is CCCCCc1ccc2cc(C3CCC(CCC4CCC(CC)CC4)CC3)ccc2c1F. The normalized spacial score (nSPS) is 26.5. The fraction of sp³-hybridized carbons (Fsp3) is 0.677. The van der Waals surface area contributed by atoms with Gasteiger partial charge in [0.15, 0.2) is 0 Å². The lowest BCUT2D eigenvalue weighted by molar-refractivity contribution is 0.227. The lowest BCUT2D eigenvalue weighted by atomic mass is 9.74. The molecule has 2 aromatic carbocycles. The van der Waals surface area contributed by atoms with E-state index in [9.17, 15) is 0 Å². The minimum atomic E-state index is 0.0156. The van der Waals surface area contributed by atoms with Gasteiger partial charge in [-0.1, -0.05) is 102 Å². The van der Waals surface area contributed by atoms with Crippen LogP contribution < -0.4 is 0 Å². The number of benzene rings is 2. The zero-order valence-corrected chi connectivity index (χ0v) is 20.7. The van der Waals surface area contributed by atoms with Crippen LogP contribution in [0.25, 0.3) is 10.8 Å². The van der Waals surface area contributed by atoms with Gasteiger partial charge in [-0.15, -0.1) is 0 Å². The average molecular weight is 437 g/mol. The highest BCUT2D eigenvalue weighted by molar-refractivity contribution is 5.84. The monoisotopic (exact) mass is 436 g/mol. The van der Waals surface area contributed by atoms with E-state index in [4.69, 9.17) is 0 Å². The van der Waals surface area contributed by atoms with Crippen molar-refractivity contribution < 1.29 is 4.39 Å². The third-order valence-corrected chi connectivity index (χ3v) is 8.95. The van der Waals surface area contributed by atoms with Crippen molar-refractivity contribution in [2.75, 3.05) is 0 Å². The first-order valence-electron chi connectivity index (χ1n) is 13.9. The molecule has 0 amide bonds. The minimum absolute atomic E-state index is 0.0156. The molecule has 0 radical (unpaired) electrons. The maximum absolute atomic E-state index is 15.0. The Morgan fingerprint density at radius 1 is 0.750 bits per heavy atom. The van der Waals surface area contributed by atoms with E-state index in [0.29, 0.717) is 5.92 Å². The van der Waals surface area contributed by atoms with Gasteiger partial charge < -0.3 is 0 Å². The molecule has 0 heterocycles. The first-order valence-corrected chi connectivity index (χ1v) is 13.9. The molecule has 2 fully saturated rings. The van der Waals surface area contributed by atoms with Gasteiger partial charge in [0.05, 0.1) is 0 Å². The summed E-state index contributed by atoms with van der Waals surface area (Å²) >= 11 is 0. The first-order chi connectivity index (χ1) is 15.7. The Balaban J connectivity index is 1.28. The summed E-state index contributed by atoms with van der Waals surface area (Å²) in [6.45, 7) is 4.56. The Morgan fingerprint density at radius 2 is 1.41 bits per heavy atom. The molecule has 0 nitrogen and oxygen atoms in total. The van der Waals surface area contributed by atoms with E-state index in [2.05, 4.69) is 38.1 Å². The van der Waals surface area contributed by atoms with Crippen molar-refractivity contribution in [2.24, 2.45) is 17.8 Å². The number of halogens is 1. The molecular formula is C31H45F. The maximum Gasteiger partial charge on any atom is 0.134 e. The minimum Gasteiger partial charge on any atom is -0.206 e. The largest absolute Gasteiger partial charge is 0.206 e. The molecule has 4 rings (SSSR count). The summed E-state index contributed by atoms with van der Waals surface area (Å²) in [6, 6.07) is 10.7.